The third-order valence-corrected chi connectivity index (χ3v) is 3.86. The molecule has 1 aromatic rings. The Morgan fingerprint density at radius 2 is 2.22 bits per heavy atom. The van der Waals surface area contributed by atoms with Crippen molar-refractivity contribution < 1.29 is 14.6 Å². The quantitative estimate of drug-likeness (QED) is 0.893. The van der Waals surface area contributed by atoms with Crippen LogP contribution in [0, 0.1) is 0 Å². The SMILES string of the molecule is OC1CCCc2ccc(OCC3CCCO3)cc21. The molecule has 3 rings (SSSR count). The molecule has 98 valence electrons. The number of hydrogen-bond donors (Lipinski definition) is 1. The maximum absolute atomic E-state index is 9.99. The number of aliphatic hydroxyl groups excluding tert-OH is 1. The topological polar surface area (TPSA) is 38.7 Å². The third kappa shape index (κ3) is 2.52. The number of rotatable bonds is 3. The summed E-state index contributed by atoms with van der Waals surface area (Å²) in [6, 6.07) is 6.09. The van der Waals surface area contributed by atoms with E-state index in [1.165, 1.54) is 5.56 Å². The molecule has 0 bridgehead atoms. The predicted molar refractivity (Wildman–Crippen MR) is 68.8 cm³/mol. The minimum Gasteiger partial charge on any atom is -0.491 e. The van der Waals surface area contributed by atoms with Crippen LogP contribution in [0.1, 0.15) is 42.9 Å². The molecule has 0 aromatic heterocycles. The predicted octanol–water partition coefficient (Wildman–Crippen LogP) is 2.61. The number of aryl methyl sites for hydroxylation is 1. The smallest absolute Gasteiger partial charge is 0.119 e. The minimum absolute atomic E-state index is 0.242. The molecule has 1 aromatic carbocycles. The van der Waals surface area contributed by atoms with Gasteiger partial charge in [0.25, 0.3) is 0 Å². The Balaban J connectivity index is 1.67. The number of aliphatic hydroxyl groups is 1. The Hall–Kier alpha value is -1.06. The van der Waals surface area contributed by atoms with Gasteiger partial charge in [-0.3, -0.25) is 0 Å². The molecule has 0 spiro atoms. The van der Waals surface area contributed by atoms with E-state index in [9.17, 15) is 5.11 Å². The Kier molecular flexibility index (Phi) is 3.52. The molecule has 3 heteroatoms. The summed E-state index contributed by atoms with van der Waals surface area (Å²) in [7, 11) is 0. The summed E-state index contributed by atoms with van der Waals surface area (Å²) in [6.45, 7) is 1.48. The van der Waals surface area contributed by atoms with Crippen LogP contribution in [0.2, 0.25) is 0 Å². The molecule has 1 heterocycles. The van der Waals surface area contributed by atoms with Crippen LogP contribution in [0.25, 0.3) is 0 Å². The molecule has 18 heavy (non-hydrogen) atoms. The van der Waals surface area contributed by atoms with Gasteiger partial charge in [-0.25, -0.2) is 0 Å². The van der Waals surface area contributed by atoms with E-state index in [-0.39, 0.29) is 12.2 Å². The molecular weight excluding hydrogens is 228 g/mol. The van der Waals surface area contributed by atoms with Gasteiger partial charge in [0, 0.05) is 6.61 Å². The standard InChI is InChI=1S/C15H20O3/c16-15-5-1-3-11-6-7-12(9-14(11)15)18-10-13-4-2-8-17-13/h6-7,9,13,15-16H,1-5,8,10H2. The first-order chi connectivity index (χ1) is 8.83. The largest absolute Gasteiger partial charge is 0.491 e. The molecule has 1 saturated heterocycles. The average molecular weight is 248 g/mol. The van der Waals surface area contributed by atoms with Crippen LogP contribution in [0.15, 0.2) is 18.2 Å². The van der Waals surface area contributed by atoms with Gasteiger partial charge in [-0.05, 0) is 55.4 Å². The summed E-state index contributed by atoms with van der Waals surface area (Å²) in [5.41, 5.74) is 2.31. The monoisotopic (exact) mass is 248 g/mol. The van der Waals surface area contributed by atoms with Gasteiger partial charge in [-0.2, -0.15) is 0 Å². The van der Waals surface area contributed by atoms with Gasteiger partial charge in [-0.1, -0.05) is 6.07 Å². The Labute approximate surface area is 108 Å². The second-order valence-electron chi connectivity index (χ2n) is 5.21. The van der Waals surface area contributed by atoms with E-state index in [1.807, 2.05) is 12.1 Å². The minimum atomic E-state index is -0.319. The summed E-state index contributed by atoms with van der Waals surface area (Å²) in [5, 5.41) is 9.99. The van der Waals surface area contributed by atoms with E-state index in [1.54, 1.807) is 0 Å². The van der Waals surface area contributed by atoms with E-state index in [0.29, 0.717) is 6.61 Å². The molecule has 0 saturated carbocycles. The lowest BCUT2D eigenvalue weighted by Gasteiger charge is -2.22. The van der Waals surface area contributed by atoms with Gasteiger partial charge in [0.2, 0.25) is 0 Å². The highest BCUT2D eigenvalue weighted by Crippen LogP contribution is 2.32. The van der Waals surface area contributed by atoms with Crippen LogP contribution in [0.4, 0.5) is 0 Å². The fraction of sp³-hybridized carbons (Fsp3) is 0.600. The van der Waals surface area contributed by atoms with E-state index >= 15 is 0 Å². The van der Waals surface area contributed by atoms with E-state index < -0.39 is 0 Å². The highest BCUT2D eigenvalue weighted by Gasteiger charge is 2.19. The van der Waals surface area contributed by atoms with Gasteiger partial charge in [0.05, 0.1) is 12.2 Å². The molecule has 3 nitrogen and oxygen atoms in total. The average Bonchev–Trinajstić information content (AvgIpc) is 2.90. The first kappa shape index (κ1) is 12.0. The zero-order valence-electron chi connectivity index (χ0n) is 10.6. The summed E-state index contributed by atoms with van der Waals surface area (Å²) in [6.07, 6.45) is 5.15. The summed E-state index contributed by atoms with van der Waals surface area (Å²) < 4.78 is 11.3. The van der Waals surface area contributed by atoms with Crippen molar-refractivity contribution in [2.75, 3.05) is 13.2 Å². The van der Waals surface area contributed by atoms with E-state index in [4.69, 9.17) is 9.47 Å². The molecule has 0 radical (unpaired) electrons. The molecule has 0 amide bonds. The van der Waals surface area contributed by atoms with Crippen molar-refractivity contribution in [3.8, 4) is 5.75 Å². The third-order valence-electron chi connectivity index (χ3n) is 3.86. The number of ether oxygens (including phenoxy) is 2. The van der Waals surface area contributed by atoms with Crippen LogP contribution in [-0.4, -0.2) is 24.4 Å². The first-order valence-electron chi connectivity index (χ1n) is 6.88. The van der Waals surface area contributed by atoms with Gasteiger partial charge < -0.3 is 14.6 Å². The molecule has 1 N–H and O–H groups in total. The van der Waals surface area contributed by atoms with Gasteiger partial charge >= 0.3 is 0 Å². The number of fused-ring (bicyclic) bond motifs is 1. The Morgan fingerprint density at radius 3 is 3.06 bits per heavy atom. The fourth-order valence-corrected chi connectivity index (χ4v) is 2.81. The van der Waals surface area contributed by atoms with Crippen molar-refractivity contribution in [2.45, 2.75) is 44.3 Å². The number of hydrogen-bond acceptors (Lipinski definition) is 3. The van der Waals surface area contributed by atoms with Crippen molar-refractivity contribution in [2.24, 2.45) is 0 Å². The zero-order chi connectivity index (χ0) is 12.4. The molecule has 2 aliphatic rings. The zero-order valence-corrected chi connectivity index (χ0v) is 10.6. The fourth-order valence-electron chi connectivity index (χ4n) is 2.81. The van der Waals surface area contributed by atoms with Crippen molar-refractivity contribution in [3.05, 3.63) is 29.3 Å². The second-order valence-corrected chi connectivity index (χ2v) is 5.21. The summed E-state index contributed by atoms with van der Waals surface area (Å²) >= 11 is 0. The molecular formula is C15H20O3. The highest BCUT2D eigenvalue weighted by atomic mass is 16.5. The van der Waals surface area contributed by atoms with E-state index in [2.05, 4.69) is 6.07 Å². The maximum Gasteiger partial charge on any atom is 0.119 e. The molecule has 2 unspecified atom stereocenters. The molecule has 1 fully saturated rings. The van der Waals surface area contributed by atoms with Crippen molar-refractivity contribution in [1.82, 2.24) is 0 Å². The van der Waals surface area contributed by atoms with Gasteiger partial charge in [-0.15, -0.1) is 0 Å². The summed E-state index contributed by atoms with van der Waals surface area (Å²) in [5.74, 6) is 0.852. The van der Waals surface area contributed by atoms with Crippen LogP contribution in [0.5, 0.6) is 5.75 Å². The Morgan fingerprint density at radius 1 is 1.28 bits per heavy atom. The Bertz CT molecular complexity index is 410. The van der Waals surface area contributed by atoms with Crippen LogP contribution in [0.3, 0.4) is 0 Å². The molecule has 1 aliphatic heterocycles. The normalized spacial score (nSPS) is 26.9. The van der Waals surface area contributed by atoms with Crippen LogP contribution >= 0.6 is 0 Å². The highest BCUT2D eigenvalue weighted by molar-refractivity contribution is 5.38. The lowest BCUT2D eigenvalue weighted by molar-refractivity contribution is 0.0677. The number of benzene rings is 1. The van der Waals surface area contributed by atoms with Crippen molar-refractivity contribution in [3.63, 3.8) is 0 Å². The van der Waals surface area contributed by atoms with Gasteiger partial charge in [0.15, 0.2) is 0 Å². The molecule has 2 atom stereocenters. The molecule has 1 aliphatic carbocycles. The van der Waals surface area contributed by atoms with Crippen molar-refractivity contribution >= 4 is 0 Å². The van der Waals surface area contributed by atoms with Crippen molar-refractivity contribution in [1.29, 1.82) is 0 Å². The lowest BCUT2D eigenvalue weighted by atomic mass is 9.89. The van der Waals surface area contributed by atoms with Crippen LogP contribution < -0.4 is 4.74 Å². The summed E-state index contributed by atoms with van der Waals surface area (Å²) in [4.78, 5) is 0. The maximum atomic E-state index is 9.99. The second kappa shape index (κ2) is 5.29. The van der Waals surface area contributed by atoms with Crippen LogP contribution in [-0.2, 0) is 11.2 Å². The van der Waals surface area contributed by atoms with E-state index in [0.717, 1.165) is 50.0 Å². The first-order valence-corrected chi connectivity index (χ1v) is 6.88. The van der Waals surface area contributed by atoms with Gasteiger partial charge in [0.1, 0.15) is 12.4 Å². The lowest BCUT2D eigenvalue weighted by Crippen LogP contribution is -2.16.